The first-order valence-electron chi connectivity index (χ1n) is 4.42. The molecule has 0 spiro atoms. The summed E-state index contributed by atoms with van der Waals surface area (Å²) in [5.41, 5.74) is -5.52. The zero-order valence-corrected chi connectivity index (χ0v) is 9.25. The topological polar surface area (TPSA) is 76.7 Å². The fourth-order valence-electron chi connectivity index (χ4n) is 1.22. The van der Waals surface area contributed by atoms with Crippen LogP contribution in [-0.2, 0) is 10.1 Å². The number of fused-ring (bicyclic) bond motifs is 1. The van der Waals surface area contributed by atoms with Gasteiger partial charge in [0.05, 0.1) is 5.39 Å². The lowest BCUT2D eigenvalue weighted by molar-refractivity contribution is -0.0499. The summed E-state index contributed by atoms with van der Waals surface area (Å²) < 4.78 is 66.6. The monoisotopic (exact) mass is 282 g/mol. The number of phenols is 1. The Kier molecular flexibility index (Phi) is 2.65. The largest absolute Gasteiger partial charge is 0.534 e. The Morgan fingerprint density at radius 2 is 1.94 bits per heavy atom. The Morgan fingerprint density at radius 1 is 1.28 bits per heavy atom. The molecule has 1 heterocycles. The van der Waals surface area contributed by atoms with Crippen LogP contribution in [0.2, 0.25) is 0 Å². The highest BCUT2D eigenvalue weighted by Crippen LogP contribution is 2.34. The number of alkyl halides is 3. The van der Waals surface area contributed by atoms with E-state index in [1.165, 1.54) is 6.07 Å². The van der Waals surface area contributed by atoms with E-state index in [4.69, 9.17) is 9.52 Å². The quantitative estimate of drug-likeness (QED) is 0.676. The van der Waals surface area contributed by atoms with Gasteiger partial charge >= 0.3 is 15.6 Å². The first kappa shape index (κ1) is 12.6. The molecule has 0 radical (unpaired) electrons. The molecule has 2 aromatic rings. The van der Waals surface area contributed by atoms with Crippen molar-refractivity contribution in [3.63, 3.8) is 0 Å². The van der Waals surface area contributed by atoms with Crippen LogP contribution in [0.4, 0.5) is 13.2 Å². The van der Waals surface area contributed by atoms with Crippen LogP contribution in [0.15, 0.2) is 28.9 Å². The van der Waals surface area contributed by atoms with Crippen LogP contribution in [-0.4, -0.2) is 19.0 Å². The maximum absolute atomic E-state index is 12.1. The summed E-state index contributed by atoms with van der Waals surface area (Å²) in [6, 6.07) is 3.45. The van der Waals surface area contributed by atoms with Gasteiger partial charge in [-0.05, 0) is 12.1 Å². The fourth-order valence-corrected chi connectivity index (χ4v) is 1.68. The zero-order valence-electron chi connectivity index (χ0n) is 8.43. The maximum atomic E-state index is 12.1. The highest BCUT2D eigenvalue weighted by molar-refractivity contribution is 7.88. The summed E-state index contributed by atoms with van der Waals surface area (Å²) in [7, 11) is -5.74. The normalized spacial score (nSPS) is 12.8. The summed E-state index contributed by atoms with van der Waals surface area (Å²) in [6.07, 6.45) is 0.716. The van der Waals surface area contributed by atoms with Gasteiger partial charge in [-0.3, -0.25) is 0 Å². The SMILES string of the molecule is O=S(=O)(Oc1coc2cc(O)ccc12)C(F)(F)F. The Bertz CT molecular complexity index is 686. The van der Waals surface area contributed by atoms with Crippen molar-refractivity contribution in [2.24, 2.45) is 0 Å². The number of phenolic OH excluding ortho intramolecular Hbond substituents is 1. The molecule has 0 aliphatic heterocycles. The third-order valence-electron chi connectivity index (χ3n) is 2.01. The summed E-state index contributed by atoms with van der Waals surface area (Å²) in [5.74, 6) is -0.774. The average molecular weight is 282 g/mol. The Hall–Kier alpha value is -1.90. The third kappa shape index (κ3) is 2.08. The molecule has 5 nitrogen and oxygen atoms in total. The molecule has 1 aromatic heterocycles. The van der Waals surface area contributed by atoms with Crippen LogP contribution in [0.3, 0.4) is 0 Å². The molecule has 0 unspecified atom stereocenters. The Morgan fingerprint density at radius 3 is 2.56 bits per heavy atom. The molecule has 1 aromatic carbocycles. The summed E-state index contributed by atoms with van der Waals surface area (Å²) in [4.78, 5) is 0. The van der Waals surface area contributed by atoms with Crippen LogP contribution in [0.25, 0.3) is 11.0 Å². The molecule has 0 amide bonds. The van der Waals surface area contributed by atoms with Crippen LogP contribution >= 0.6 is 0 Å². The van der Waals surface area contributed by atoms with E-state index in [0.717, 1.165) is 12.1 Å². The van der Waals surface area contributed by atoms with Gasteiger partial charge in [0.2, 0.25) is 0 Å². The molecular formula is C9H5F3O5S. The van der Waals surface area contributed by atoms with Crippen LogP contribution in [0, 0.1) is 0 Å². The van der Waals surface area contributed by atoms with Gasteiger partial charge in [0.1, 0.15) is 17.6 Å². The molecule has 98 valence electrons. The number of halogens is 3. The number of hydrogen-bond donors (Lipinski definition) is 1. The first-order valence-corrected chi connectivity index (χ1v) is 5.82. The smallest absolute Gasteiger partial charge is 0.508 e. The predicted molar refractivity (Wildman–Crippen MR) is 53.5 cm³/mol. The lowest BCUT2D eigenvalue weighted by Crippen LogP contribution is -2.27. The van der Waals surface area contributed by atoms with Gasteiger partial charge < -0.3 is 13.7 Å². The van der Waals surface area contributed by atoms with Crippen LogP contribution in [0.1, 0.15) is 0 Å². The van der Waals surface area contributed by atoms with Crippen molar-refractivity contribution in [1.82, 2.24) is 0 Å². The molecule has 0 fully saturated rings. The van der Waals surface area contributed by atoms with E-state index in [0.29, 0.717) is 6.26 Å². The van der Waals surface area contributed by atoms with Crippen molar-refractivity contribution in [1.29, 1.82) is 0 Å². The Labute approximate surface area is 98.5 Å². The highest BCUT2D eigenvalue weighted by Gasteiger charge is 2.48. The van der Waals surface area contributed by atoms with Gasteiger partial charge in [0, 0.05) is 6.07 Å². The number of benzene rings is 1. The lowest BCUT2D eigenvalue weighted by Gasteiger charge is -2.07. The molecule has 2 rings (SSSR count). The molecule has 9 heteroatoms. The number of hydrogen-bond acceptors (Lipinski definition) is 5. The van der Waals surface area contributed by atoms with E-state index < -0.39 is 21.4 Å². The molecule has 0 bridgehead atoms. The predicted octanol–water partition coefficient (Wildman–Crippen LogP) is 2.37. The molecular weight excluding hydrogens is 277 g/mol. The summed E-state index contributed by atoms with van der Waals surface area (Å²) >= 11 is 0. The molecule has 18 heavy (non-hydrogen) atoms. The van der Waals surface area contributed by atoms with E-state index in [1.807, 2.05) is 0 Å². The molecule has 1 N–H and O–H groups in total. The van der Waals surface area contributed by atoms with Crippen molar-refractivity contribution in [3.05, 3.63) is 24.5 Å². The second-order valence-electron chi connectivity index (χ2n) is 3.26. The fraction of sp³-hybridized carbons (Fsp3) is 0.111. The molecule has 0 saturated heterocycles. The third-order valence-corrected chi connectivity index (χ3v) is 2.97. The second-order valence-corrected chi connectivity index (χ2v) is 4.80. The van der Waals surface area contributed by atoms with E-state index in [1.54, 1.807) is 0 Å². The van der Waals surface area contributed by atoms with Gasteiger partial charge in [0.25, 0.3) is 0 Å². The van der Waals surface area contributed by atoms with E-state index >= 15 is 0 Å². The molecule has 0 aliphatic carbocycles. The van der Waals surface area contributed by atoms with Crippen molar-refractivity contribution < 1.29 is 35.3 Å². The summed E-state index contributed by atoms with van der Waals surface area (Å²) in [5, 5.41) is 9.10. The minimum absolute atomic E-state index is 0.000579. The molecule has 0 aliphatic rings. The summed E-state index contributed by atoms with van der Waals surface area (Å²) in [6.45, 7) is 0. The molecule has 0 saturated carbocycles. The minimum atomic E-state index is -5.74. The van der Waals surface area contributed by atoms with Gasteiger partial charge in [-0.25, -0.2) is 0 Å². The van der Waals surface area contributed by atoms with Crippen molar-refractivity contribution in [2.45, 2.75) is 5.51 Å². The van der Waals surface area contributed by atoms with Crippen molar-refractivity contribution in [2.75, 3.05) is 0 Å². The number of furan rings is 1. The highest BCUT2D eigenvalue weighted by atomic mass is 32.2. The zero-order chi connectivity index (χ0) is 13.6. The standard InChI is InChI=1S/C9H5F3O5S/c10-9(11,12)18(14,15)17-8-4-16-7-3-5(13)1-2-6(7)8/h1-4,13H. The van der Waals surface area contributed by atoms with Crippen LogP contribution in [0.5, 0.6) is 11.5 Å². The van der Waals surface area contributed by atoms with E-state index in [2.05, 4.69) is 4.18 Å². The first-order chi connectivity index (χ1) is 8.21. The van der Waals surface area contributed by atoms with Gasteiger partial charge in [0.15, 0.2) is 5.75 Å². The molecule has 0 atom stereocenters. The maximum Gasteiger partial charge on any atom is 0.534 e. The van der Waals surface area contributed by atoms with Crippen molar-refractivity contribution >= 4 is 21.1 Å². The number of aromatic hydroxyl groups is 1. The second kappa shape index (κ2) is 3.80. The van der Waals surface area contributed by atoms with Gasteiger partial charge in [-0.15, -0.1) is 0 Å². The lowest BCUT2D eigenvalue weighted by atomic mass is 10.2. The van der Waals surface area contributed by atoms with Gasteiger partial charge in [-0.2, -0.15) is 21.6 Å². The van der Waals surface area contributed by atoms with Crippen molar-refractivity contribution in [3.8, 4) is 11.5 Å². The van der Waals surface area contributed by atoms with Gasteiger partial charge in [-0.1, -0.05) is 0 Å². The van der Waals surface area contributed by atoms with Crippen LogP contribution < -0.4 is 4.18 Å². The number of rotatable bonds is 2. The minimum Gasteiger partial charge on any atom is -0.508 e. The van der Waals surface area contributed by atoms with E-state index in [9.17, 15) is 21.6 Å². The Balaban J connectivity index is 2.45. The average Bonchev–Trinajstić information content (AvgIpc) is 2.58. The van der Waals surface area contributed by atoms with E-state index in [-0.39, 0.29) is 16.7 Å².